The fraction of sp³-hybridized carbons (Fsp3) is 0.818. The maximum Gasteiger partial charge on any atom is 0.240 e. The molecular formula is C11H22N4O. The molecule has 5 nitrogen and oxygen atoms in total. The molecule has 5 heteroatoms. The first-order chi connectivity index (χ1) is 7.58. The van der Waals surface area contributed by atoms with Gasteiger partial charge in [-0.15, -0.1) is 0 Å². The maximum atomic E-state index is 5.95. The first-order valence-electron chi connectivity index (χ1n) is 5.88. The standard InChI is InChI=1S/C11H22N4O/c1-5-15(6-2)7-9-13-11(14-16-9)10(12)8(3)4/h8,10H,5-7,12H2,1-4H3. The zero-order valence-electron chi connectivity index (χ0n) is 10.6. The number of hydrogen-bond donors (Lipinski definition) is 1. The lowest BCUT2D eigenvalue weighted by molar-refractivity contribution is 0.245. The minimum atomic E-state index is -0.144. The molecule has 1 atom stereocenters. The van der Waals surface area contributed by atoms with E-state index in [1.807, 2.05) is 13.8 Å². The van der Waals surface area contributed by atoms with Gasteiger partial charge < -0.3 is 10.3 Å². The highest BCUT2D eigenvalue weighted by Gasteiger charge is 2.17. The van der Waals surface area contributed by atoms with Gasteiger partial charge in [-0.2, -0.15) is 4.98 Å². The molecule has 0 spiro atoms. The molecule has 92 valence electrons. The van der Waals surface area contributed by atoms with E-state index in [1.165, 1.54) is 0 Å². The van der Waals surface area contributed by atoms with E-state index in [9.17, 15) is 0 Å². The molecule has 0 aliphatic carbocycles. The van der Waals surface area contributed by atoms with Crippen LogP contribution in [0.4, 0.5) is 0 Å². The summed E-state index contributed by atoms with van der Waals surface area (Å²) in [6.45, 7) is 11.0. The third-order valence-electron chi connectivity index (χ3n) is 2.75. The van der Waals surface area contributed by atoms with E-state index in [0.29, 0.717) is 24.2 Å². The Morgan fingerprint density at radius 3 is 2.44 bits per heavy atom. The van der Waals surface area contributed by atoms with E-state index in [2.05, 4.69) is 28.9 Å². The summed E-state index contributed by atoms with van der Waals surface area (Å²) in [6, 6.07) is -0.144. The van der Waals surface area contributed by atoms with Crippen molar-refractivity contribution in [1.82, 2.24) is 15.0 Å². The summed E-state index contributed by atoms with van der Waals surface area (Å²) in [5, 5.41) is 3.92. The van der Waals surface area contributed by atoms with Gasteiger partial charge in [0.2, 0.25) is 5.89 Å². The predicted octanol–water partition coefficient (Wildman–Crippen LogP) is 1.57. The quantitative estimate of drug-likeness (QED) is 0.797. The smallest absolute Gasteiger partial charge is 0.240 e. The fourth-order valence-electron chi connectivity index (χ4n) is 1.40. The van der Waals surface area contributed by atoms with E-state index < -0.39 is 0 Å². The molecule has 1 rings (SSSR count). The summed E-state index contributed by atoms with van der Waals surface area (Å²) in [7, 11) is 0. The summed E-state index contributed by atoms with van der Waals surface area (Å²) in [6.07, 6.45) is 0. The van der Waals surface area contributed by atoms with Gasteiger partial charge in [0.05, 0.1) is 12.6 Å². The second kappa shape index (κ2) is 5.96. The second-order valence-electron chi connectivity index (χ2n) is 4.28. The Balaban J connectivity index is 2.64. The van der Waals surface area contributed by atoms with Crippen LogP contribution in [-0.2, 0) is 6.54 Å². The van der Waals surface area contributed by atoms with Gasteiger partial charge in [-0.05, 0) is 19.0 Å². The van der Waals surface area contributed by atoms with Crippen molar-refractivity contribution in [2.45, 2.75) is 40.3 Å². The van der Waals surface area contributed by atoms with Crippen LogP contribution in [0.3, 0.4) is 0 Å². The zero-order valence-corrected chi connectivity index (χ0v) is 10.6. The summed E-state index contributed by atoms with van der Waals surface area (Å²) in [5.74, 6) is 1.57. The summed E-state index contributed by atoms with van der Waals surface area (Å²) >= 11 is 0. The largest absolute Gasteiger partial charge is 0.338 e. The van der Waals surface area contributed by atoms with Crippen molar-refractivity contribution in [3.63, 3.8) is 0 Å². The van der Waals surface area contributed by atoms with E-state index in [4.69, 9.17) is 10.3 Å². The first kappa shape index (κ1) is 13.1. The summed E-state index contributed by atoms with van der Waals surface area (Å²) in [5.41, 5.74) is 5.95. The molecule has 0 aliphatic rings. The van der Waals surface area contributed by atoms with Gasteiger partial charge in [-0.1, -0.05) is 32.9 Å². The zero-order chi connectivity index (χ0) is 12.1. The van der Waals surface area contributed by atoms with Gasteiger partial charge in [-0.25, -0.2) is 0 Å². The Morgan fingerprint density at radius 1 is 1.31 bits per heavy atom. The third kappa shape index (κ3) is 3.28. The average molecular weight is 226 g/mol. The molecule has 0 saturated heterocycles. The van der Waals surface area contributed by atoms with E-state index in [1.54, 1.807) is 0 Å². The Labute approximate surface area is 97.0 Å². The van der Waals surface area contributed by atoms with Crippen LogP contribution < -0.4 is 5.73 Å². The molecule has 1 heterocycles. The SMILES string of the molecule is CCN(CC)Cc1nc(C(N)C(C)C)no1. The molecule has 0 amide bonds. The van der Waals surface area contributed by atoms with Gasteiger partial charge in [0.1, 0.15) is 0 Å². The minimum Gasteiger partial charge on any atom is -0.338 e. The first-order valence-corrected chi connectivity index (χ1v) is 5.88. The monoisotopic (exact) mass is 226 g/mol. The van der Waals surface area contributed by atoms with Crippen molar-refractivity contribution in [3.05, 3.63) is 11.7 Å². The highest BCUT2D eigenvalue weighted by molar-refractivity contribution is 4.94. The highest BCUT2D eigenvalue weighted by Crippen LogP contribution is 2.15. The van der Waals surface area contributed by atoms with Crippen LogP contribution in [0.25, 0.3) is 0 Å². The topological polar surface area (TPSA) is 68.2 Å². The normalized spacial score (nSPS) is 13.7. The highest BCUT2D eigenvalue weighted by atomic mass is 16.5. The molecule has 2 N–H and O–H groups in total. The van der Waals surface area contributed by atoms with Crippen molar-refractivity contribution in [2.24, 2.45) is 11.7 Å². The number of nitrogens with zero attached hydrogens (tertiary/aromatic N) is 3. The molecule has 16 heavy (non-hydrogen) atoms. The van der Waals surface area contributed by atoms with Crippen LogP contribution in [0.1, 0.15) is 45.5 Å². The van der Waals surface area contributed by atoms with Crippen LogP contribution >= 0.6 is 0 Å². The average Bonchev–Trinajstić information content (AvgIpc) is 2.73. The number of rotatable bonds is 6. The predicted molar refractivity (Wildman–Crippen MR) is 62.7 cm³/mol. The molecule has 1 unspecified atom stereocenters. The Bertz CT molecular complexity index is 307. The Hall–Kier alpha value is -0.940. The van der Waals surface area contributed by atoms with Crippen LogP contribution in [0.5, 0.6) is 0 Å². The summed E-state index contributed by atoms with van der Waals surface area (Å²) in [4.78, 5) is 6.54. The van der Waals surface area contributed by atoms with Crippen molar-refractivity contribution in [3.8, 4) is 0 Å². The van der Waals surface area contributed by atoms with Gasteiger partial charge in [0.15, 0.2) is 5.82 Å². The van der Waals surface area contributed by atoms with Crippen LogP contribution in [-0.4, -0.2) is 28.1 Å². The molecule has 0 radical (unpaired) electrons. The molecule has 0 aliphatic heterocycles. The van der Waals surface area contributed by atoms with Gasteiger partial charge in [-0.3, -0.25) is 4.90 Å². The molecule has 0 bridgehead atoms. The number of aromatic nitrogens is 2. The minimum absolute atomic E-state index is 0.144. The lowest BCUT2D eigenvalue weighted by atomic mass is 10.1. The van der Waals surface area contributed by atoms with E-state index in [0.717, 1.165) is 13.1 Å². The maximum absolute atomic E-state index is 5.95. The molecule has 0 fully saturated rings. The van der Waals surface area contributed by atoms with Crippen molar-refractivity contribution < 1.29 is 4.52 Å². The Kier molecular flexibility index (Phi) is 4.89. The van der Waals surface area contributed by atoms with E-state index >= 15 is 0 Å². The van der Waals surface area contributed by atoms with Gasteiger partial charge >= 0.3 is 0 Å². The molecule has 0 aromatic carbocycles. The molecule has 1 aromatic heterocycles. The van der Waals surface area contributed by atoms with Gasteiger partial charge in [0.25, 0.3) is 0 Å². The van der Waals surface area contributed by atoms with E-state index in [-0.39, 0.29) is 6.04 Å². The molecule has 0 saturated carbocycles. The Morgan fingerprint density at radius 2 is 1.94 bits per heavy atom. The summed E-state index contributed by atoms with van der Waals surface area (Å²) < 4.78 is 5.19. The molecule has 1 aromatic rings. The van der Waals surface area contributed by atoms with Crippen LogP contribution in [0, 0.1) is 5.92 Å². The molecular weight excluding hydrogens is 204 g/mol. The van der Waals surface area contributed by atoms with Crippen LogP contribution in [0.2, 0.25) is 0 Å². The van der Waals surface area contributed by atoms with Gasteiger partial charge in [0, 0.05) is 0 Å². The number of nitrogens with two attached hydrogens (primary N) is 1. The third-order valence-corrected chi connectivity index (χ3v) is 2.75. The fourth-order valence-corrected chi connectivity index (χ4v) is 1.40. The van der Waals surface area contributed by atoms with Crippen molar-refractivity contribution in [1.29, 1.82) is 0 Å². The van der Waals surface area contributed by atoms with Crippen molar-refractivity contribution in [2.75, 3.05) is 13.1 Å². The number of hydrogen-bond acceptors (Lipinski definition) is 5. The van der Waals surface area contributed by atoms with Crippen LogP contribution in [0.15, 0.2) is 4.52 Å². The lowest BCUT2D eigenvalue weighted by Gasteiger charge is -2.14. The lowest BCUT2D eigenvalue weighted by Crippen LogP contribution is -2.22. The van der Waals surface area contributed by atoms with Crippen molar-refractivity contribution >= 4 is 0 Å². The second-order valence-corrected chi connectivity index (χ2v) is 4.28.